The number of aliphatic carboxylic acids is 1. The van der Waals surface area contributed by atoms with Gasteiger partial charge >= 0.3 is 12.1 Å². The number of alkyl halides is 3. The van der Waals surface area contributed by atoms with Gasteiger partial charge in [0.25, 0.3) is 0 Å². The molecule has 110 valence electrons. The van der Waals surface area contributed by atoms with Crippen LogP contribution in [0.25, 0.3) is 0 Å². The second kappa shape index (κ2) is 5.36. The SMILES string of the molecule is CNCC(C)C(=O)N1CCC(C(=O)O)(C(F)(F)F)C1. The van der Waals surface area contributed by atoms with Gasteiger partial charge in [-0.25, -0.2) is 0 Å². The number of likely N-dealkylation sites (tertiary alicyclic amines) is 1. The fraction of sp³-hybridized carbons (Fsp3) is 0.818. The van der Waals surface area contributed by atoms with Gasteiger partial charge in [-0.1, -0.05) is 6.92 Å². The summed E-state index contributed by atoms with van der Waals surface area (Å²) in [5, 5.41) is 11.6. The van der Waals surface area contributed by atoms with Gasteiger partial charge < -0.3 is 15.3 Å². The van der Waals surface area contributed by atoms with Gasteiger partial charge in [0, 0.05) is 25.6 Å². The number of carbonyl (C=O) groups excluding carboxylic acids is 1. The fourth-order valence-electron chi connectivity index (χ4n) is 2.23. The molecule has 2 atom stereocenters. The van der Waals surface area contributed by atoms with Crippen LogP contribution in [-0.4, -0.2) is 54.7 Å². The number of nitrogens with one attached hydrogen (secondary N) is 1. The summed E-state index contributed by atoms with van der Waals surface area (Å²) in [5.74, 6) is -2.86. The predicted octanol–water partition coefficient (Wildman–Crippen LogP) is 0.707. The lowest BCUT2D eigenvalue weighted by Crippen LogP contribution is -2.48. The Kier molecular flexibility index (Phi) is 4.44. The lowest BCUT2D eigenvalue weighted by atomic mass is 9.86. The van der Waals surface area contributed by atoms with Crippen molar-refractivity contribution in [1.29, 1.82) is 0 Å². The van der Waals surface area contributed by atoms with E-state index in [2.05, 4.69) is 5.32 Å². The van der Waals surface area contributed by atoms with Crippen molar-refractivity contribution in [2.75, 3.05) is 26.7 Å². The molecule has 0 aliphatic carbocycles. The van der Waals surface area contributed by atoms with Crippen LogP contribution in [0.1, 0.15) is 13.3 Å². The zero-order valence-electron chi connectivity index (χ0n) is 10.8. The molecule has 19 heavy (non-hydrogen) atoms. The van der Waals surface area contributed by atoms with Gasteiger partial charge in [0.15, 0.2) is 5.41 Å². The minimum absolute atomic E-state index is 0.182. The average molecular weight is 282 g/mol. The number of halogens is 3. The second-order valence-electron chi connectivity index (χ2n) is 4.85. The Morgan fingerprint density at radius 2 is 2.05 bits per heavy atom. The van der Waals surface area contributed by atoms with E-state index in [4.69, 9.17) is 5.11 Å². The van der Waals surface area contributed by atoms with Crippen LogP contribution >= 0.6 is 0 Å². The summed E-state index contributed by atoms with van der Waals surface area (Å²) in [6, 6.07) is 0. The highest BCUT2D eigenvalue weighted by Gasteiger charge is 2.64. The fourth-order valence-corrected chi connectivity index (χ4v) is 2.23. The van der Waals surface area contributed by atoms with Crippen LogP contribution < -0.4 is 5.32 Å². The van der Waals surface area contributed by atoms with Crippen LogP contribution in [0.2, 0.25) is 0 Å². The van der Waals surface area contributed by atoms with Crippen molar-refractivity contribution >= 4 is 11.9 Å². The van der Waals surface area contributed by atoms with Crippen molar-refractivity contribution in [1.82, 2.24) is 10.2 Å². The predicted molar refractivity (Wildman–Crippen MR) is 60.4 cm³/mol. The highest BCUT2D eigenvalue weighted by atomic mass is 19.4. The topological polar surface area (TPSA) is 69.6 Å². The highest BCUT2D eigenvalue weighted by molar-refractivity contribution is 5.82. The number of rotatable bonds is 4. The molecule has 1 aliphatic heterocycles. The maximum atomic E-state index is 12.9. The Bertz CT molecular complexity index is 373. The van der Waals surface area contributed by atoms with Gasteiger partial charge in [-0.05, 0) is 13.5 Å². The summed E-state index contributed by atoms with van der Waals surface area (Å²) in [6.45, 7) is 0.937. The molecule has 5 nitrogen and oxygen atoms in total. The number of carboxylic acid groups (broad SMARTS) is 1. The molecule has 0 spiro atoms. The van der Waals surface area contributed by atoms with Crippen molar-refractivity contribution in [3.8, 4) is 0 Å². The summed E-state index contributed by atoms with van der Waals surface area (Å²) in [4.78, 5) is 23.9. The van der Waals surface area contributed by atoms with E-state index in [0.29, 0.717) is 6.54 Å². The van der Waals surface area contributed by atoms with Crippen molar-refractivity contribution in [3.05, 3.63) is 0 Å². The zero-order chi connectivity index (χ0) is 14.8. The molecule has 0 radical (unpaired) electrons. The van der Waals surface area contributed by atoms with Crippen molar-refractivity contribution < 1.29 is 27.9 Å². The largest absolute Gasteiger partial charge is 0.481 e. The second-order valence-corrected chi connectivity index (χ2v) is 4.85. The van der Waals surface area contributed by atoms with Crippen LogP contribution in [0.3, 0.4) is 0 Å². The number of carbonyl (C=O) groups is 2. The molecule has 2 unspecified atom stereocenters. The maximum Gasteiger partial charge on any atom is 0.406 e. The maximum absolute atomic E-state index is 12.9. The number of carboxylic acids is 1. The van der Waals surface area contributed by atoms with Gasteiger partial charge in [-0.15, -0.1) is 0 Å². The Morgan fingerprint density at radius 3 is 2.42 bits per heavy atom. The molecular weight excluding hydrogens is 265 g/mol. The molecule has 0 aromatic carbocycles. The molecule has 1 heterocycles. The first-order valence-electron chi connectivity index (χ1n) is 5.89. The number of amides is 1. The van der Waals surface area contributed by atoms with E-state index >= 15 is 0 Å². The molecule has 2 N–H and O–H groups in total. The lowest BCUT2D eigenvalue weighted by Gasteiger charge is -2.28. The third kappa shape index (κ3) is 2.83. The van der Waals surface area contributed by atoms with Gasteiger partial charge in [0.05, 0.1) is 0 Å². The summed E-state index contributed by atoms with van der Waals surface area (Å²) in [6.07, 6.45) is -5.45. The first kappa shape index (κ1) is 15.7. The van der Waals surface area contributed by atoms with E-state index < -0.39 is 42.4 Å². The molecule has 0 saturated carbocycles. The molecule has 1 fully saturated rings. The smallest absolute Gasteiger partial charge is 0.406 e. The molecule has 0 bridgehead atoms. The van der Waals surface area contributed by atoms with Crippen LogP contribution in [0.4, 0.5) is 13.2 Å². The molecule has 1 amide bonds. The molecule has 1 aliphatic rings. The molecule has 8 heteroatoms. The molecular formula is C11H17F3N2O3. The highest BCUT2D eigenvalue weighted by Crippen LogP contribution is 2.45. The van der Waals surface area contributed by atoms with Gasteiger partial charge in [0.1, 0.15) is 0 Å². The van der Waals surface area contributed by atoms with Crippen molar-refractivity contribution in [2.24, 2.45) is 11.3 Å². The summed E-state index contributed by atoms with van der Waals surface area (Å²) in [7, 11) is 1.63. The minimum Gasteiger partial charge on any atom is -0.481 e. The van der Waals surface area contributed by atoms with Crippen LogP contribution in [0.15, 0.2) is 0 Å². The van der Waals surface area contributed by atoms with E-state index in [1.807, 2.05) is 0 Å². The molecule has 0 aromatic rings. The van der Waals surface area contributed by atoms with E-state index in [-0.39, 0.29) is 6.54 Å². The lowest BCUT2D eigenvalue weighted by molar-refractivity contribution is -0.227. The first-order valence-corrected chi connectivity index (χ1v) is 5.89. The van der Waals surface area contributed by atoms with Crippen LogP contribution in [0.5, 0.6) is 0 Å². The standard InChI is InChI=1S/C11H17F3N2O3/c1-7(5-15-2)8(17)16-4-3-10(6-16,9(18)19)11(12,13)14/h7,15H,3-6H2,1-2H3,(H,18,19). The molecule has 1 saturated heterocycles. The third-order valence-corrected chi connectivity index (χ3v) is 3.46. The Hall–Kier alpha value is -1.31. The van der Waals surface area contributed by atoms with E-state index in [9.17, 15) is 22.8 Å². The normalized spacial score (nSPS) is 25.4. The van der Waals surface area contributed by atoms with E-state index in [1.165, 1.54) is 0 Å². The molecule has 0 aromatic heterocycles. The van der Waals surface area contributed by atoms with E-state index in [1.54, 1.807) is 14.0 Å². The van der Waals surface area contributed by atoms with Crippen molar-refractivity contribution in [3.63, 3.8) is 0 Å². The number of hydrogen-bond acceptors (Lipinski definition) is 3. The van der Waals surface area contributed by atoms with Crippen molar-refractivity contribution in [2.45, 2.75) is 19.5 Å². The summed E-state index contributed by atoms with van der Waals surface area (Å²) < 4.78 is 38.8. The molecule has 1 rings (SSSR count). The van der Waals surface area contributed by atoms with Gasteiger partial charge in [-0.3, -0.25) is 9.59 Å². The van der Waals surface area contributed by atoms with Gasteiger partial charge in [-0.2, -0.15) is 13.2 Å². The zero-order valence-corrected chi connectivity index (χ0v) is 10.8. The van der Waals surface area contributed by atoms with Crippen LogP contribution in [-0.2, 0) is 9.59 Å². The number of nitrogens with zero attached hydrogens (tertiary/aromatic N) is 1. The minimum atomic E-state index is -4.86. The average Bonchev–Trinajstić information content (AvgIpc) is 2.73. The Morgan fingerprint density at radius 1 is 1.47 bits per heavy atom. The number of hydrogen-bond donors (Lipinski definition) is 2. The summed E-state index contributed by atoms with van der Waals surface area (Å²) in [5.41, 5.74) is -2.83. The first-order chi connectivity index (χ1) is 8.65. The third-order valence-electron chi connectivity index (χ3n) is 3.46. The van der Waals surface area contributed by atoms with E-state index in [0.717, 1.165) is 4.90 Å². The Labute approximate surface area is 108 Å². The Balaban J connectivity index is 2.86. The quantitative estimate of drug-likeness (QED) is 0.796. The van der Waals surface area contributed by atoms with Crippen LogP contribution in [0, 0.1) is 11.3 Å². The summed E-state index contributed by atoms with van der Waals surface area (Å²) >= 11 is 0. The monoisotopic (exact) mass is 282 g/mol. The van der Waals surface area contributed by atoms with Gasteiger partial charge in [0.2, 0.25) is 5.91 Å².